The summed E-state index contributed by atoms with van der Waals surface area (Å²) >= 11 is 0. The molecule has 2 aromatic carbocycles. The maximum absolute atomic E-state index is 2.24. The first-order chi connectivity index (χ1) is 10.3. The third kappa shape index (κ3) is 7.13. The number of aryl methyl sites for hydroxylation is 2. The van der Waals surface area contributed by atoms with Gasteiger partial charge in [0.2, 0.25) is 0 Å². The fourth-order valence-corrected chi connectivity index (χ4v) is 2.02. The van der Waals surface area contributed by atoms with Crippen molar-refractivity contribution in [3.8, 4) is 0 Å². The molecule has 0 bridgehead atoms. The molecule has 0 saturated carbocycles. The second kappa shape index (κ2) is 12.2. The lowest BCUT2D eigenvalue weighted by Crippen LogP contribution is -1.90. The quantitative estimate of drug-likeness (QED) is 0.605. The van der Waals surface area contributed by atoms with E-state index in [4.69, 9.17) is 0 Å². The molecule has 2 rings (SSSR count). The third-order valence-corrected chi connectivity index (χ3v) is 3.27. The van der Waals surface area contributed by atoms with Crippen molar-refractivity contribution in [3.63, 3.8) is 0 Å². The van der Waals surface area contributed by atoms with Crippen LogP contribution in [0.1, 0.15) is 63.8 Å². The number of rotatable bonds is 4. The summed E-state index contributed by atoms with van der Waals surface area (Å²) < 4.78 is 0. The SMILES string of the molecule is CC.CC.CCc1ccc(Cc2ccc(CC)cc2)cc1. The van der Waals surface area contributed by atoms with Crippen LogP contribution < -0.4 is 0 Å². The number of hydrogen-bond acceptors (Lipinski definition) is 0. The molecule has 0 spiro atoms. The van der Waals surface area contributed by atoms with Gasteiger partial charge in [-0.15, -0.1) is 0 Å². The van der Waals surface area contributed by atoms with E-state index in [1.54, 1.807) is 0 Å². The van der Waals surface area contributed by atoms with E-state index < -0.39 is 0 Å². The van der Waals surface area contributed by atoms with Crippen molar-refractivity contribution in [1.29, 1.82) is 0 Å². The highest BCUT2D eigenvalue weighted by atomic mass is 14.0. The van der Waals surface area contributed by atoms with E-state index in [2.05, 4.69) is 62.4 Å². The van der Waals surface area contributed by atoms with Crippen LogP contribution >= 0.6 is 0 Å². The largest absolute Gasteiger partial charge is 0.0683 e. The van der Waals surface area contributed by atoms with Crippen molar-refractivity contribution < 1.29 is 0 Å². The lowest BCUT2D eigenvalue weighted by Gasteiger charge is -2.04. The van der Waals surface area contributed by atoms with E-state index in [0.717, 1.165) is 19.3 Å². The van der Waals surface area contributed by atoms with Crippen molar-refractivity contribution in [1.82, 2.24) is 0 Å². The smallest absolute Gasteiger partial charge is 0.00258 e. The molecule has 0 amide bonds. The molecule has 0 N–H and O–H groups in total. The van der Waals surface area contributed by atoms with Crippen molar-refractivity contribution in [2.45, 2.75) is 60.8 Å². The zero-order valence-corrected chi connectivity index (χ0v) is 14.7. The molecule has 0 nitrogen and oxygen atoms in total. The first kappa shape index (κ1) is 19.4. The summed E-state index contributed by atoms with van der Waals surface area (Å²) in [6.07, 6.45) is 3.27. The number of hydrogen-bond donors (Lipinski definition) is 0. The standard InChI is InChI=1S/C17H20.2C2H6/c1-3-14-5-9-16(10-6-14)13-17-11-7-15(4-2)8-12-17;2*1-2/h5-12H,3-4,13H2,1-2H3;2*1-2H3. The van der Waals surface area contributed by atoms with Crippen LogP contribution in [0.3, 0.4) is 0 Å². The highest BCUT2D eigenvalue weighted by Gasteiger charge is 1.97. The van der Waals surface area contributed by atoms with E-state index in [-0.39, 0.29) is 0 Å². The molecule has 0 radical (unpaired) electrons. The predicted octanol–water partition coefficient (Wildman–Crippen LogP) is 6.45. The molecule has 0 aliphatic heterocycles. The fourth-order valence-electron chi connectivity index (χ4n) is 2.02. The zero-order valence-electron chi connectivity index (χ0n) is 14.7. The van der Waals surface area contributed by atoms with Gasteiger partial charge in [0.1, 0.15) is 0 Å². The third-order valence-electron chi connectivity index (χ3n) is 3.27. The van der Waals surface area contributed by atoms with Gasteiger partial charge in [-0.1, -0.05) is 90.1 Å². The van der Waals surface area contributed by atoms with Gasteiger partial charge in [-0.2, -0.15) is 0 Å². The molecule has 0 atom stereocenters. The van der Waals surface area contributed by atoms with Gasteiger partial charge < -0.3 is 0 Å². The molecule has 0 aliphatic carbocycles. The van der Waals surface area contributed by atoms with Crippen LogP contribution in [-0.4, -0.2) is 0 Å². The van der Waals surface area contributed by atoms with Crippen molar-refractivity contribution >= 4 is 0 Å². The second-order valence-corrected chi connectivity index (χ2v) is 4.52. The van der Waals surface area contributed by atoms with Crippen LogP contribution in [-0.2, 0) is 19.3 Å². The van der Waals surface area contributed by atoms with E-state index >= 15 is 0 Å². The molecular weight excluding hydrogens is 252 g/mol. The number of benzene rings is 2. The molecule has 116 valence electrons. The molecule has 0 heterocycles. The van der Waals surface area contributed by atoms with Gasteiger partial charge in [0.15, 0.2) is 0 Å². The zero-order chi connectivity index (χ0) is 16.1. The molecule has 0 fully saturated rings. The molecule has 0 aliphatic rings. The average molecular weight is 284 g/mol. The van der Waals surface area contributed by atoms with Gasteiger partial charge in [0.05, 0.1) is 0 Å². The minimum absolute atomic E-state index is 1.04. The Kier molecular flexibility index (Phi) is 11.3. The minimum Gasteiger partial charge on any atom is -0.0683 e. The van der Waals surface area contributed by atoms with Gasteiger partial charge >= 0.3 is 0 Å². The minimum atomic E-state index is 1.04. The second-order valence-electron chi connectivity index (χ2n) is 4.52. The normalized spacial score (nSPS) is 9.05. The summed E-state index contributed by atoms with van der Waals surface area (Å²) in [5.41, 5.74) is 5.61. The maximum Gasteiger partial charge on any atom is -0.00258 e. The molecule has 0 aromatic heterocycles. The molecule has 21 heavy (non-hydrogen) atoms. The van der Waals surface area contributed by atoms with Gasteiger partial charge in [-0.3, -0.25) is 0 Å². The van der Waals surface area contributed by atoms with E-state index in [9.17, 15) is 0 Å². The molecule has 0 unspecified atom stereocenters. The fraction of sp³-hybridized carbons (Fsp3) is 0.429. The lowest BCUT2D eigenvalue weighted by atomic mass is 10.0. The van der Waals surface area contributed by atoms with Crippen LogP contribution in [0.15, 0.2) is 48.5 Å². The lowest BCUT2D eigenvalue weighted by molar-refractivity contribution is 1.11. The monoisotopic (exact) mass is 284 g/mol. The Morgan fingerprint density at radius 1 is 0.476 bits per heavy atom. The van der Waals surface area contributed by atoms with Gasteiger partial charge in [0, 0.05) is 0 Å². The first-order valence-electron chi connectivity index (χ1n) is 8.47. The topological polar surface area (TPSA) is 0 Å². The molecular formula is C21H32. The van der Waals surface area contributed by atoms with Crippen LogP contribution in [0.4, 0.5) is 0 Å². The van der Waals surface area contributed by atoms with Crippen LogP contribution in [0.25, 0.3) is 0 Å². The van der Waals surface area contributed by atoms with Gasteiger partial charge in [-0.25, -0.2) is 0 Å². The van der Waals surface area contributed by atoms with E-state index in [1.807, 2.05) is 27.7 Å². The van der Waals surface area contributed by atoms with Crippen molar-refractivity contribution in [3.05, 3.63) is 70.8 Å². The highest BCUT2D eigenvalue weighted by Crippen LogP contribution is 2.12. The molecule has 0 saturated heterocycles. The summed E-state index contributed by atoms with van der Waals surface area (Å²) in [7, 11) is 0. The summed E-state index contributed by atoms with van der Waals surface area (Å²) in [5.74, 6) is 0. The predicted molar refractivity (Wildman–Crippen MR) is 97.1 cm³/mol. The average Bonchev–Trinajstić information content (AvgIpc) is 2.60. The Hall–Kier alpha value is -1.56. The van der Waals surface area contributed by atoms with Crippen LogP contribution in [0.2, 0.25) is 0 Å². The summed E-state index contributed by atoms with van der Waals surface area (Å²) in [5, 5.41) is 0. The van der Waals surface area contributed by atoms with Crippen molar-refractivity contribution in [2.24, 2.45) is 0 Å². The summed E-state index contributed by atoms with van der Waals surface area (Å²) in [6, 6.07) is 17.9. The Labute approximate surface area is 132 Å². The van der Waals surface area contributed by atoms with E-state index in [0.29, 0.717) is 0 Å². The Bertz CT molecular complexity index is 403. The molecule has 2 aromatic rings. The first-order valence-corrected chi connectivity index (χ1v) is 8.47. The highest BCUT2D eigenvalue weighted by molar-refractivity contribution is 5.30. The van der Waals surface area contributed by atoms with Gasteiger partial charge in [-0.05, 0) is 41.5 Å². The summed E-state index contributed by atoms with van der Waals surface area (Å²) in [4.78, 5) is 0. The Balaban J connectivity index is 0.000000921. The van der Waals surface area contributed by atoms with E-state index in [1.165, 1.54) is 22.3 Å². The van der Waals surface area contributed by atoms with Gasteiger partial charge in [0.25, 0.3) is 0 Å². The van der Waals surface area contributed by atoms with Crippen LogP contribution in [0.5, 0.6) is 0 Å². The molecule has 0 heteroatoms. The van der Waals surface area contributed by atoms with Crippen LogP contribution in [0, 0.1) is 0 Å². The van der Waals surface area contributed by atoms with Crippen molar-refractivity contribution in [2.75, 3.05) is 0 Å². The Morgan fingerprint density at radius 3 is 0.952 bits per heavy atom. The maximum atomic E-state index is 2.24. The Morgan fingerprint density at radius 2 is 0.714 bits per heavy atom. The summed E-state index contributed by atoms with van der Waals surface area (Å²) in [6.45, 7) is 12.4.